The number of hydrogen-bond donors (Lipinski definition) is 0. The Labute approximate surface area is 165 Å². The molecule has 8 heteroatoms. The fraction of sp³-hybridized carbons (Fsp3) is 0.100. The molecule has 1 amide bonds. The molecule has 0 saturated carbocycles. The van der Waals surface area contributed by atoms with Crippen LogP contribution in [0.5, 0.6) is 0 Å². The number of carbonyl (C=O) groups excluding carboxylic acids is 1. The van der Waals surface area contributed by atoms with Crippen molar-refractivity contribution in [3.8, 4) is 6.07 Å². The number of amides is 1. The highest BCUT2D eigenvalue weighted by Gasteiger charge is 2.20. The first-order chi connectivity index (χ1) is 13.6. The van der Waals surface area contributed by atoms with Crippen LogP contribution in [0.1, 0.15) is 11.1 Å². The maximum atomic E-state index is 13.3. The largest absolute Gasteiger partial charge is 0.367 e. The number of ether oxygens (including phenoxy) is 1. The molecule has 0 spiro atoms. The number of hydrogen-bond acceptors (Lipinski definition) is 5. The third-order valence-electron chi connectivity index (χ3n) is 3.76. The van der Waals surface area contributed by atoms with E-state index in [-0.39, 0.29) is 24.2 Å². The van der Waals surface area contributed by atoms with Gasteiger partial charge in [-0.1, -0.05) is 23.7 Å². The van der Waals surface area contributed by atoms with E-state index < -0.39 is 11.7 Å². The highest BCUT2D eigenvalue weighted by molar-refractivity contribution is 6.29. The molecule has 0 atom stereocenters. The molecule has 140 valence electrons. The molecule has 0 unspecified atom stereocenters. The summed E-state index contributed by atoms with van der Waals surface area (Å²) in [6.07, 6.45) is 1.24. The van der Waals surface area contributed by atoms with Crippen LogP contribution < -0.4 is 4.90 Å². The molecule has 2 aromatic carbocycles. The van der Waals surface area contributed by atoms with Gasteiger partial charge in [0.15, 0.2) is 0 Å². The van der Waals surface area contributed by atoms with Gasteiger partial charge in [0.05, 0.1) is 23.9 Å². The normalized spacial score (nSPS) is 10.3. The van der Waals surface area contributed by atoms with E-state index in [0.717, 1.165) is 5.56 Å². The van der Waals surface area contributed by atoms with Crippen molar-refractivity contribution in [1.82, 2.24) is 9.97 Å². The molecule has 0 bridgehead atoms. The van der Waals surface area contributed by atoms with E-state index in [1.54, 1.807) is 24.3 Å². The standard InChI is InChI=1S/C20H14ClFN4O2/c21-18-9-19(25-13-24-18)26(17-7-5-16(22)6-8-17)20(27)12-28-11-15-3-1-14(10-23)2-4-15/h1-9,13H,11-12H2. The molecule has 3 aromatic rings. The summed E-state index contributed by atoms with van der Waals surface area (Å²) in [6.45, 7) is -0.0434. The average Bonchev–Trinajstić information content (AvgIpc) is 2.70. The second kappa shape index (κ2) is 9.04. The van der Waals surface area contributed by atoms with Crippen molar-refractivity contribution in [2.45, 2.75) is 6.61 Å². The van der Waals surface area contributed by atoms with Crippen LogP contribution in [-0.4, -0.2) is 22.5 Å². The third kappa shape index (κ3) is 4.88. The van der Waals surface area contributed by atoms with Crippen molar-refractivity contribution in [2.24, 2.45) is 0 Å². The molecular formula is C20H14ClFN4O2. The first kappa shape index (κ1) is 19.4. The Kier molecular flexibility index (Phi) is 6.27. The SMILES string of the molecule is N#Cc1ccc(COCC(=O)N(c2ccc(F)cc2)c2cc(Cl)ncn2)cc1. The van der Waals surface area contributed by atoms with Gasteiger partial charge in [-0.15, -0.1) is 0 Å². The number of anilines is 2. The number of halogens is 2. The molecule has 0 N–H and O–H groups in total. The Morgan fingerprint density at radius 3 is 2.50 bits per heavy atom. The van der Waals surface area contributed by atoms with Crippen molar-refractivity contribution in [3.63, 3.8) is 0 Å². The van der Waals surface area contributed by atoms with Gasteiger partial charge in [0.2, 0.25) is 0 Å². The lowest BCUT2D eigenvalue weighted by Crippen LogP contribution is -2.30. The summed E-state index contributed by atoms with van der Waals surface area (Å²) in [5.41, 5.74) is 1.79. The molecule has 0 radical (unpaired) electrons. The van der Waals surface area contributed by atoms with Gasteiger partial charge in [0.1, 0.15) is 29.7 Å². The Morgan fingerprint density at radius 2 is 1.86 bits per heavy atom. The van der Waals surface area contributed by atoms with Gasteiger partial charge in [0.25, 0.3) is 5.91 Å². The molecule has 3 rings (SSSR count). The molecule has 0 aliphatic rings. The number of rotatable bonds is 6. The summed E-state index contributed by atoms with van der Waals surface area (Å²) in [5.74, 6) is -0.581. The van der Waals surface area contributed by atoms with E-state index in [1.807, 2.05) is 6.07 Å². The predicted molar refractivity (Wildman–Crippen MR) is 101 cm³/mol. The smallest absolute Gasteiger partial charge is 0.258 e. The summed E-state index contributed by atoms with van der Waals surface area (Å²) in [6, 6.07) is 15.7. The van der Waals surface area contributed by atoms with Gasteiger partial charge in [0, 0.05) is 6.07 Å². The van der Waals surface area contributed by atoms with Crippen LogP contribution in [-0.2, 0) is 16.1 Å². The maximum Gasteiger partial charge on any atom is 0.258 e. The molecule has 1 aromatic heterocycles. The second-order valence-electron chi connectivity index (χ2n) is 5.71. The molecule has 0 saturated heterocycles. The van der Waals surface area contributed by atoms with Gasteiger partial charge in [-0.3, -0.25) is 9.69 Å². The molecule has 0 fully saturated rings. The van der Waals surface area contributed by atoms with Crippen molar-refractivity contribution < 1.29 is 13.9 Å². The molecule has 1 heterocycles. The zero-order chi connectivity index (χ0) is 19.9. The number of nitriles is 1. The first-order valence-electron chi connectivity index (χ1n) is 8.19. The minimum absolute atomic E-state index is 0.170. The summed E-state index contributed by atoms with van der Waals surface area (Å²) in [4.78, 5) is 22.0. The topological polar surface area (TPSA) is 79.1 Å². The Balaban J connectivity index is 1.74. The number of carbonyl (C=O) groups is 1. The zero-order valence-electron chi connectivity index (χ0n) is 14.5. The minimum Gasteiger partial charge on any atom is -0.367 e. The van der Waals surface area contributed by atoms with Gasteiger partial charge in [-0.25, -0.2) is 14.4 Å². The minimum atomic E-state index is -0.422. The van der Waals surface area contributed by atoms with Crippen LogP contribution >= 0.6 is 11.6 Å². The van der Waals surface area contributed by atoms with Crippen molar-refractivity contribution in [3.05, 3.63) is 83.0 Å². The molecule has 28 heavy (non-hydrogen) atoms. The van der Waals surface area contributed by atoms with Crippen LogP contribution in [0.2, 0.25) is 5.15 Å². The van der Waals surface area contributed by atoms with Crippen LogP contribution in [0.4, 0.5) is 15.9 Å². The van der Waals surface area contributed by atoms with Crippen molar-refractivity contribution >= 4 is 29.0 Å². The van der Waals surface area contributed by atoms with Crippen molar-refractivity contribution in [1.29, 1.82) is 5.26 Å². The summed E-state index contributed by atoms with van der Waals surface area (Å²) in [5, 5.41) is 8.99. The van der Waals surface area contributed by atoms with E-state index in [2.05, 4.69) is 9.97 Å². The van der Waals surface area contributed by atoms with E-state index >= 15 is 0 Å². The van der Waals surface area contributed by atoms with E-state index in [1.165, 1.54) is 41.6 Å². The van der Waals surface area contributed by atoms with Gasteiger partial charge < -0.3 is 4.74 Å². The van der Waals surface area contributed by atoms with Crippen molar-refractivity contribution in [2.75, 3.05) is 11.5 Å². The highest BCUT2D eigenvalue weighted by Crippen LogP contribution is 2.25. The third-order valence-corrected chi connectivity index (χ3v) is 3.97. The fourth-order valence-electron chi connectivity index (χ4n) is 2.44. The first-order valence-corrected chi connectivity index (χ1v) is 8.57. The Bertz CT molecular complexity index is 1000. The van der Waals surface area contributed by atoms with E-state index in [9.17, 15) is 9.18 Å². The van der Waals surface area contributed by atoms with Crippen LogP contribution in [0.25, 0.3) is 0 Å². The summed E-state index contributed by atoms with van der Waals surface area (Å²) >= 11 is 5.91. The fourth-order valence-corrected chi connectivity index (χ4v) is 2.58. The average molecular weight is 397 g/mol. The Morgan fingerprint density at radius 1 is 1.14 bits per heavy atom. The van der Waals surface area contributed by atoms with Crippen LogP contribution in [0, 0.1) is 17.1 Å². The molecule has 6 nitrogen and oxygen atoms in total. The lowest BCUT2D eigenvalue weighted by Gasteiger charge is -2.22. The summed E-state index contributed by atoms with van der Waals surface area (Å²) in [7, 11) is 0. The molecular weight excluding hydrogens is 383 g/mol. The van der Waals surface area contributed by atoms with Gasteiger partial charge >= 0.3 is 0 Å². The molecule has 0 aliphatic heterocycles. The Hall–Kier alpha value is -3.34. The quantitative estimate of drug-likeness (QED) is 0.588. The highest BCUT2D eigenvalue weighted by atomic mass is 35.5. The van der Waals surface area contributed by atoms with Crippen LogP contribution in [0.15, 0.2) is 60.9 Å². The van der Waals surface area contributed by atoms with Gasteiger partial charge in [-0.05, 0) is 42.0 Å². The maximum absolute atomic E-state index is 13.3. The van der Waals surface area contributed by atoms with E-state index in [4.69, 9.17) is 21.6 Å². The lowest BCUT2D eigenvalue weighted by molar-refractivity contribution is -0.122. The number of benzene rings is 2. The zero-order valence-corrected chi connectivity index (χ0v) is 15.3. The summed E-state index contributed by atoms with van der Waals surface area (Å²) < 4.78 is 18.8. The van der Waals surface area contributed by atoms with E-state index in [0.29, 0.717) is 11.3 Å². The second-order valence-corrected chi connectivity index (χ2v) is 6.09. The molecule has 0 aliphatic carbocycles. The van der Waals surface area contributed by atoms with Gasteiger partial charge in [-0.2, -0.15) is 5.26 Å². The lowest BCUT2D eigenvalue weighted by atomic mass is 10.2. The van der Waals surface area contributed by atoms with Crippen LogP contribution in [0.3, 0.4) is 0 Å². The number of aromatic nitrogens is 2. The predicted octanol–water partition coefficient (Wildman–Crippen LogP) is 4.02. The monoisotopic (exact) mass is 396 g/mol. The number of nitrogens with zero attached hydrogens (tertiary/aromatic N) is 4.